The van der Waals surface area contributed by atoms with Crippen LogP contribution in [0.25, 0.3) is 0 Å². The van der Waals surface area contributed by atoms with Crippen LogP contribution in [0.3, 0.4) is 0 Å². The van der Waals surface area contributed by atoms with Crippen LogP contribution in [0.5, 0.6) is 11.5 Å². The van der Waals surface area contributed by atoms with E-state index >= 15 is 0 Å². The number of hydrogen-bond donors (Lipinski definition) is 1. The van der Waals surface area contributed by atoms with Crippen molar-refractivity contribution in [2.24, 2.45) is 0 Å². The molecule has 0 saturated heterocycles. The highest BCUT2D eigenvalue weighted by Crippen LogP contribution is 2.23. The minimum Gasteiger partial charge on any atom is -0.457 e. The summed E-state index contributed by atoms with van der Waals surface area (Å²) in [4.78, 5) is 27.3. The molecule has 3 aromatic rings. The molecule has 1 amide bonds. The van der Waals surface area contributed by atoms with Gasteiger partial charge in [-0.05, 0) is 42.8 Å². The quantitative estimate of drug-likeness (QED) is 0.743. The summed E-state index contributed by atoms with van der Waals surface area (Å²) in [5, 5.41) is 2.87. The second-order valence-electron chi connectivity index (χ2n) is 5.80. The fourth-order valence-electron chi connectivity index (χ4n) is 2.48. The lowest BCUT2D eigenvalue weighted by Gasteiger charge is -2.15. The summed E-state index contributed by atoms with van der Waals surface area (Å²) in [5.41, 5.74) is 0.495. The fourth-order valence-corrected chi connectivity index (χ4v) is 2.48. The number of amides is 1. The largest absolute Gasteiger partial charge is 0.457 e. The maximum Gasteiger partial charge on any atom is 0.347 e. The van der Waals surface area contributed by atoms with Gasteiger partial charge in [-0.15, -0.1) is 0 Å². The first-order valence-corrected chi connectivity index (χ1v) is 8.25. The molecule has 1 heterocycles. The van der Waals surface area contributed by atoms with Crippen molar-refractivity contribution in [1.29, 1.82) is 0 Å². The maximum atomic E-state index is 12.1. The van der Waals surface area contributed by atoms with Crippen molar-refractivity contribution in [3.63, 3.8) is 0 Å². The fraction of sp³-hybridized carbons (Fsp3) is 0.150. The second-order valence-corrected chi connectivity index (χ2v) is 5.80. The van der Waals surface area contributed by atoms with E-state index in [1.54, 1.807) is 6.07 Å². The summed E-state index contributed by atoms with van der Waals surface area (Å²) in [7, 11) is 0. The molecule has 0 aliphatic carbocycles. The first kappa shape index (κ1) is 17.4. The molecule has 0 bridgehead atoms. The van der Waals surface area contributed by atoms with Crippen LogP contribution in [0.4, 0.5) is 0 Å². The summed E-state index contributed by atoms with van der Waals surface area (Å²) in [6, 6.07) is 18.5. The Kier molecular flexibility index (Phi) is 5.43. The number of nitrogens with zero attached hydrogens (tertiary/aromatic N) is 2. The van der Waals surface area contributed by atoms with Crippen LogP contribution in [0.15, 0.2) is 77.9 Å². The first-order valence-electron chi connectivity index (χ1n) is 8.25. The first-order chi connectivity index (χ1) is 12.6. The minimum absolute atomic E-state index is 0.0633. The number of rotatable bonds is 6. The molecule has 2 aromatic carbocycles. The smallest absolute Gasteiger partial charge is 0.347 e. The molecule has 0 aliphatic rings. The average molecular weight is 349 g/mol. The van der Waals surface area contributed by atoms with Gasteiger partial charge in [-0.1, -0.05) is 30.3 Å². The number of carbonyl (C=O) groups is 1. The molecule has 0 saturated carbocycles. The van der Waals surface area contributed by atoms with Crippen LogP contribution in [-0.2, 0) is 11.3 Å². The van der Waals surface area contributed by atoms with E-state index in [4.69, 9.17) is 4.74 Å². The second kappa shape index (κ2) is 8.11. The molecule has 0 fully saturated rings. The number of benzene rings is 2. The predicted octanol–water partition coefficient (Wildman–Crippen LogP) is 2.91. The molecular formula is C20H19N3O3. The molecule has 132 valence electrons. The lowest BCUT2D eigenvalue weighted by atomic mass is 10.1. The van der Waals surface area contributed by atoms with Gasteiger partial charge in [-0.2, -0.15) is 0 Å². The van der Waals surface area contributed by atoms with E-state index in [9.17, 15) is 9.59 Å². The Labute approximate surface area is 151 Å². The van der Waals surface area contributed by atoms with E-state index in [-0.39, 0.29) is 18.5 Å². The van der Waals surface area contributed by atoms with Crippen LogP contribution in [-0.4, -0.2) is 15.5 Å². The van der Waals surface area contributed by atoms with Gasteiger partial charge >= 0.3 is 5.69 Å². The van der Waals surface area contributed by atoms with Gasteiger partial charge in [0.15, 0.2) is 0 Å². The summed E-state index contributed by atoms with van der Waals surface area (Å²) in [6.45, 7) is 1.82. The number of para-hydroxylation sites is 1. The lowest BCUT2D eigenvalue weighted by molar-refractivity contribution is -0.122. The van der Waals surface area contributed by atoms with Crippen LogP contribution in [0, 0.1) is 0 Å². The zero-order valence-corrected chi connectivity index (χ0v) is 14.3. The van der Waals surface area contributed by atoms with E-state index < -0.39 is 5.69 Å². The van der Waals surface area contributed by atoms with E-state index in [0.717, 1.165) is 17.1 Å². The third-order valence-corrected chi connectivity index (χ3v) is 3.83. The van der Waals surface area contributed by atoms with Crippen molar-refractivity contribution in [1.82, 2.24) is 14.9 Å². The zero-order valence-electron chi connectivity index (χ0n) is 14.3. The summed E-state index contributed by atoms with van der Waals surface area (Å²) in [6.07, 6.45) is 2.94. The molecule has 6 heteroatoms. The van der Waals surface area contributed by atoms with Gasteiger partial charge in [0.05, 0.1) is 6.04 Å². The Morgan fingerprint density at radius 1 is 1.08 bits per heavy atom. The van der Waals surface area contributed by atoms with E-state index in [0.29, 0.717) is 0 Å². The Balaban J connectivity index is 1.59. The van der Waals surface area contributed by atoms with Crippen LogP contribution >= 0.6 is 0 Å². The summed E-state index contributed by atoms with van der Waals surface area (Å²) < 4.78 is 7.02. The van der Waals surface area contributed by atoms with Crippen molar-refractivity contribution in [3.05, 3.63) is 89.1 Å². The van der Waals surface area contributed by atoms with Crippen molar-refractivity contribution < 1.29 is 9.53 Å². The van der Waals surface area contributed by atoms with Crippen LogP contribution in [0.2, 0.25) is 0 Å². The normalized spacial score (nSPS) is 11.6. The molecule has 0 unspecified atom stereocenters. The SMILES string of the molecule is C[C@@H](NC(=O)Cn1cccnc1=O)c1ccc(Oc2ccccc2)cc1. The number of carbonyl (C=O) groups excluding carboxylic acids is 1. The van der Waals surface area contributed by atoms with Crippen molar-refractivity contribution in [2.45, 2.75) is 19.5 Å². The molecule has 1 atom stereocenters. The van der Waals surface area contributed by atoms with E-state index in [1.807, 2.05) is 61.5 Å². The van der Waals surface area contributed by atoms with Crippen molar-refractivity contribution >= 4 is 5.91 Å². The van der Waals surface area contributed by atoms with Gasteiger partial charge in [-0.25, -0.2) is 9.78 Å². The molecular weight excluding hydrogens is 330 g/mol. The van der Waals surface area contributed by atoms with Gasteiger partial charge in [0.25, 0.3) is 0 Å². The van der Waals surface area contributed by atoms with Crippen molar-refractivity contribution in [3.8, 4) is 11.5 Å². The topological polar surface area (TPSA) is 73.2 Å². The average Bonchev–Trinajstić information content (AvgIpc) is 2.65. The number of aromatic nitrogens is 2. The van der Waals surface area contributed by atoms with Gasteiger partial charge in [0.2, 0.25) is 5.91 Å². The minimum atomic E-state index is -0.447. The third-order valence-electron chi connectivity index (χ3n) is 3.83. The molecule has 26 heavy (non-hydrogen) atoms. The van der Waals surface area contributed by atoms with Gasteiger partial charge in [-0.3, -0.25) is 9.36 Å². The van der Waals surface area contributed by atoms with E-state index in [1.165, 1.54) is 17.0 Å². The van der Waals surface area contributed by atoms with Gasteiger partial charge in [0, 0.05) is 12.4 Å². The summed E-state index contributed by atoms with van der Waals surface area (Å²) >= 11 is 0. The standard InChI is InChI=1S/C20H19N3O3/c1-15(22-19(24)14-23-13-5-12-21-20(23)25)16-8-10-18(11-9-16)26-17-6-3-2-4-7-17/h2-13,15H,14H2,1H3,(H,22,24)/t15-/m1/s1. The zero-order chi connectivity index (χ0) is 18.4. The maximum absolute atomic E-state index is 12.1. The third kappa shape index (κ3) is 4.57. The highest BCUT2D eigenvalue weighted by molar-refractivity contribution is 5.76. The monoisotopic (exact) mass is 349 g/mol. The molecule has 3 rings (SSSR count). The van der Waals surface area contributed by atoms with Gasteiger partial charge < -0.3 is 10.1 Å². The highest BCUT2D eigenvalue weighted by atomic mass is 16.5. The number of nitrogens with one attached hydrogen (secondary N) is 1. The molecule has 6 nitrogen and oxygen atoms in total. The Morgan fingerprint density at radius 3 is 2.46 bits per heavy atom. The molecule has 0 aliphatic heterocycles. The van der Waals surface area contributed by atoms with Crippen LogP contribution in [0.1, 0.15) is 18.5 Å². The van der Waals surface area contributed by atoms with Crippen molar-refractivity contribution in [2.75, 3.05) is 0 Å². The molecule has 1 N–H and O–H groups in total. The molecule has 0 radical (unpaired) electrons. The predicted molar refractivity (Wildman–Crippen MR) is 98.0 cm³/mol. The Hall–Kier alpha value is -3.41. The van der Waals surface area contributed by atoms with Crippen LogP contribution < -0.4 is 15.7 Å². The Bertz CT molecular complexity index is 921. The Morgan fingerprint density at radius 2 is 1.77 bits per heavy atom. The molecule has 0 spiro atoms. The summed E-state index contributed by atoms with van der Waals surface area (Å²) in [5.74, 6) is 1.24. The number of hydrogen-bond acceptors (Lipinski definition) is 4. The molecule has 1 aromatic heterocycles. The highest BCUT2D eigenvalue weighted by Gasteiger charge is 2.11. The number of ether oxygens (including phenoxy) is 1. The van der Waals surface area contributed by atoms with Gasteiger partial charge in [0.1, 0.15) is 18.0 Å². The van der Waals surface area contributed by atoms with E-state index in [2.05, 4.69) is 10.3 Å². The lowest BCUT2D eigenvalue weighted by Crippen LogP contribution is -2.34.